The smallest absolute Gasteiger partial charge is 0.407 e. The number of carbonyl (C=O) groups is 1. The third-order valence-corrected chi connectivity index (χ3v) is 9.20. The fourth-order valence-electron chi connectivity index (χ4n) is 6.30. The van der Waals surface area contributed by atoms with Crippen LogP contribution in [0.3, 0.4) is 0 Å². The second-order valence-electron chi connectivity index (χ2n) is 13.4. The first kappa shape index (κ1) is 44.8. The van der Waals surface area contributed by atoms with E-state index in [1.54, 1.807) is 0 Å². The highest BCUT2D eigenvalue weighted by molar-refractivity contribution is 5.79. The molecule has 0 aliphatic heterocycles. The van der Waals surface area contributed by atoms with E-state index >= 15 is 0 Å². The molecule has 0 radical (unpaired) electrons. The Morgan fingerprint density at radius 2 is 0.830 bits per heavy atom. The molecule has 53 heavy (non-hydrogen) atoms. The Balaban J connectivity index is 0.952. The minimum Gasteiger partial charge on any atom is -0.449 e. The van der Waals surface area contributed by atoms with E-state index in [-0.39, 0.29) is 5.92 Å². The molecule has 0 heterocycles. The molecule has 0 aromatic heterocycles. The lowest BCUT2D eigenvalue weighted by Crippen LogP contribution is -2.27. The molecule has 1 amide bonds. The molecule has 1 aliphatic rings. The van der Waals surface area contributed by atoms with Crippen molar-refractivity contribution in [1.29, 1.82) is 0 Å². The van der Waals surface area contributed by atoms with Crippen molar-refractivity contribution in [2.45, 2.75) is 89.9 Å². The molecule has 0 fully saturated rings. The molecule has 0 saturated carbocycles. The zero-order valence-electron chi connectivity index (χ0n) is 32.7. The first-order valence-corrected chi connectivity index (χ1v) is 20.4. The van der Waals surface area contributed by atoms with Crippen LogP contribution < -0.4 is 5.32 Å². The van der Waals surface area contributed by atoms with Gasteiger partial charge in [-0.3, -0.25) is 0 Å². The highest BCUT2D eigenvalue weighted by Crippen LogP contribution is 2.44. The number of hydrogen-bond acceptors (Lipinski definition) is 9. The van der Waals surface area contributed by atoms with Gasteiger partial charge in [-0.05, 0) is 35.1 Å². The standard InChI is InChI=1S/C43H69NO9/c1-2-3-4-5-6-7-8-9-10-11-16-23-46-25-27-48-29-31-50-33-35-52-36-34-51-32-30-49-28-26-47-24-17-22-44-43(45)53-37-42-40-20-14-12-18-38(40)39-19-13-15-21-41(39)42/h12-15,18-21,42H,2-11,16-17,22-37H2,1H3,(H,44,45). The SMILES string of the molecule is CCCCCCCCCCCCCOCCOCCOCCOCCOCCOCCOCCCNC(=O)OCC1c2ccccc2-c2ccccc21. The molecule has 0 saturated heterocycles. The van der Waals surface area contributed by atoms with Crippen molar-refractivity contribution in [2.24, 2.45) is 0 Å². The molecule has 10 nitrogen and oxygen atoms in total. The summed E-state index contributed by atoms with van der Waals surface area (Å²) in [6, 6.07) is 16.6. The minimum atomic E-state index is -0.406. The van der Waals surface area contributed by atoms with Crippen LogP contribution >= 0.6 is 0 Å². The summed E-state index contributed by atoms with van der Waals surface area (Å²) in [6.07, 6.45) is 15.1. The van der Waals surface area contributed by atoms with Crippen LogP contribution in [0, 0.1) is 0 Å². The van der Waals surface area contributed by atoms with Gasteiger partial charge in [0.05, 0.1) is 79.3 Å². The van der Waals surface area contributed by atoms with Crippen LogP contribution in [0.1, 0.15) is 101 Å². The van der Waals surface area contributed by atoms with Gasteiger partial charge in [0.25, 0.3) is 0 Å². The Morgan fingerprint density at radius 3 is 1.26 bits per heavy atom. The molecule has 1 aliphatic carbocycles. The van der Waals surface area contributed by atoms with Crippen molar-refractivity contribution < 1.29 is 42.7 Å². The van der Waals surface area contributed by atoms with Gasteiger partial charge in [0, 0.05) is 25.7 Å². The van der Waals surface area contributed by atoms with Crippen LogP contribution in [0.25, 0.3) is 11.1 Å². The number of amides is 1. The van der Waals surface area contributed by atoms with Crippen LogP contribution in [0.4, 0.5) is 4.79 Å². The Bertz CT molecular complexity index is 1120. The fraction of sp³-hybridized carbons (Fsp3) is 0.698. The number of hydrogen-bond donors (Lipinski definition) is 1. The lowest BCUT2D eigenvalue weighted by molar-refractivity contribution is -0.0206. The average molecular weight is 744 g/mol. The molecule has 1 N–H and O–H groups in total. The highest BCUT2D eigenvalue weighted by Gasteiger charge is 2.28. The lowest BCUT2D eigenvalue weighted by atomic mass is 9.98. The van der Waals surface area contributed by atoms with Crippen molar-refractivity contribution >= 4 is 6.09 Å². The van der Waals surface area contributed by atoms with Crippen molar-refractivity contribution in [2.75, 3.05) is 106 Å². The van der Waals surface area contributed by atoms with Gasteiger partial charge < -0.3 is 43.2 Å². The van der Waals surface area contributed by atoms with Crippen LogP contribution in [0.5, 0.6) is 0 Å². The van der Waals surface area contributed by atoms with Gasteiger partial charge in [0.2, 0.25) is 0 Å². The molecule has 0 atom stereocenters. The third-order valence-electron chi connectivity index (χ3n) is 9.20. The van der Waals surface area contributed by atoms with Gasteiger partial charge >= 0.3 is 6.09 Å². The van der Waals surface area contributed by atoms with E-state index in [2.05, 4.69) is 36.5 Å². The van der Waals surface area contributed by atoms with E-state index < -0.39 is 6.09 Å². The Hall–Kier alpha value is -2.57. The second kappa shape index (κ2) is 31.7. The van der Waals surface area contributed by atoms with Gasteiger partial charge in [-0.25, -0.2) is 4.79 Å². The van der Waals surface area contributed by atoms with Crippen LogP contribution in [0.15, 0.2) is 48.5 Å². The average Bonchev–Trinajstić information content (AvgIpc) is 3.50. The summed E-state index contributed by atoms with van der Waals surface area (Å²) >= 11 is 0. The van der Waals surface area contributed by atoms with E-state index in [0.29, 0.717) is 105 Å². The first-order valence-electron chi connectivity index (χ1n) is 20.4. The topological polar surface area (TPSA) is 103 Å². The molecule has 2 aromatic rings. The van der Waals surface area contributed by atoms with E-state index in [9.17, 15) is 4.79 Å². The van der Waals surface area contributed by atoms with Gasteiger partial charge in [-0.2, -0.15) is 0 Å². The van der Waals surface area contributed by atoms with E-state index in [4.69, 9.17) is 37.9 Å². The van der Waals surface area contributed by atoms with E-state index in [0.717, 1.165) is 13.0 Å². The summed E-state index contributed by atoms with van der Waals surface area (Å²) in [5.74, 6) is 0.0571. The number of nitrogens with one attached hydrogen (secondary N) is 1. The third kappa shape index (κ3) is 21.2. The number of fused-ring (bicyclic) bond motifs is 3. The van der Waals surface area contributed by atoms with Crippen molar-refractivity contribution in [1.82, 2.24) is 5.32 Å². The van der Waals surface area contributed by atoms with Crippen LogP contribution in [-0.4, -0.2) is 112 Å². The molecule has 2 aromatic carbocycles. The predicted octanol–water partition coefficient (Wildman–Crippen LogP) is 8.34. The summed E-state index contributed by atoms with van der Waals surface area (Å²) in [7, 11) is 0. The maximum atomic E-state index is 12.3. The highest BCUT2D eigenvalue weighted by atomic mass is 16.6. The number of ether oxygens (including phenoxy) is 8. The summed E-state index contributed by atoms with van der Waals surface area (Å²) in [6.45, 7) is 10.9. The van der Waals surface area contributed by atoms with E-state index in [1.165, 1.54) is 86.5 Å². The number of unbranched alkanes of at least 4 members (excludes halogenated alkanes) is 10. The number of rotatable bonds is 36. The molecule has 0 spiro atoms. The molecule has 0 unspecified atom stereocenters. The predicted molar refractivity (Wildman–Crippen MR) is 210 cm³/mol. The zero-order valence-corrected chi connectivity index (χ0v) is 32.7. The van der Waals surface area contributed by atoms with E-state index in [1.807, 2.05) is 24.3 Å². The largest absolute Gasteiger partial charge is 0.449 e. The Morgan fingerprint density at radius 1 is 0.472 bits per heavy atom. The number of benzene rings is 2. The molecule has 10 heteroatoms. The molecule has 300 valence electrons. The van der Waals surface area contributed by atoms with Crippen molar-refractivity contribution in [3.8, 4) is 11.1 Å². The van der Waals surface area contributed by atoms with Gasteiger partial charge in [0.1, 0.15) is 6.61 Å². The normalized spacial score (nSPS) is 12.2. The summed E-state index contributed by atoms with van der Waals surface area (Å²) in [5.41, 5.74) is 4.83. The van der Waals surface area contributed by atoms with Crippen LogP contribution in [-0.2, 0) is 37.9 Å². The summed E-state index contributed by atoms with van der Waals surface area (Å²) < 4.78 is 44.5. The maximum Gasteiger partial charge on any atom is 0.407 e. The minimum absolute atomic E-state index is 0.0571. The molecule has 3 rings (SSSR count). The zero-order chi connectivity index (χ0) is 37.3. The second-order valence-corrected chi connectivity index (χ2v) is 13.4. The van der Waals surface area contributed by atoms with Crippen molar-refractivity contribution in [3.05, 3.63) is 59.7 Å². The Labute approximate surface area is 319 Å². The fourth-order valence-corrected chi connectivity index (χ4v) is 6.30. The van der Waals surface area contributed by atoms with Gasteiger partial charge in [-0.1, -0.05) is 120 Å². The monoisotopic (exact) mass is 743 g/mol. The number of carbonyl (C=O) groups excluding carboxylic acids is 1. The lowest BCUT2D eigenvalue weighted by Gasteiger charge is -2.14. The van der Waals surface area contributed by atoms with Gasteiger partial charge in [-0.15, -0.1) is 0 Å². The number of alkyl carbamates (subject to hydrolysis) is 1. The Kier molecular flexibility index (Phi) is 26.9. The molecular formula is C43H69NO9. The van der Waals surface area contributed by atoms with Gasteiger partial charge in [0.15, 0.2) is 0 Å². The quantitative estimate of drug-likeness (QED) is 0.0691. The maximum absolute atomic E-state index is 12.3. The van der Waals surface area contributed by atoms with Crippen LogP contribution in [0.2, 0.25) is 0 Å². The van der Waals surface area contributed by atoms with Crippen molar-refractivity contribution in [3.63, 3.8) is 0 Å². The first-order chi connectivity index (χ1) is 26.3. The summed E-state index contributed by atoms with van der Waals surface area (Å²) in [5, 5.41) is 2.81. The molecular weight excluding hydrogens is 674 g/mol. The summed E-state index contributed by atoms with van der Waals surface area (Å²) in [4.78, 5) is 12.3. The molecule has 0 bridgehead atoms.